The monoisotopic (exact) mass is 426 g/mol. The number of phenols is 1. The van der Waals surface area contributed by atoms with Gasteiger partial charge in [0.15, 0.2) is 11.6 Å². The number of carbonyl (C=O) groups is 3. The van der Waals surface area contributed by atoms with Gasteiger partial charge in [0.05, 0.1) is 29.3 Å². The molecule has 7 atom stereocenters. The summed E-state index contributed by atoms with van der Waals surface area (Å²) >= 11 is 0. The molecule has 3 N–H and O–H groups in total. The standard InChI is InChI=1S/C23H22O8/c1-7(24)4-11-5-10-6-12-14(18(26)13(10)8(2)30-11)19(27)16-15(17(12)25)20-22(16)21(28)23(22,29)9(3)31-20/h6,8-9,11,20-21,26,28-29H,4-5H2,1-3H3/t8-,9?,11-,20?,21?,22?,23?/m0/s1. The molecule has 2 heterocycles. The van der Waals surface area contributed by atoms with Crippen molar-refractivity contribution in [1.82, 2.24) is 0 Å². The second-order valence-electron chi connectivity index (χ2n) is 9.43. The van der Waals surface area contributed by atoms with Crippen LogP contribution in [0.5, 0.6) is 5.75 Å². The number of hydrogen-bond donors (Lipinski definition) is 3. The molecule has 0 amide bonds. The van der Waals surface area contributed by atoms with Crippen molar-refractivity contribution in [2.24, 2.45) is 5.41 Å². The summed E-state index contributed by atoms with van der Waals surface area (Å²) in [6.45, 7) is 4.81. The highest BCUT2D eigenvalue weighted by atomic mass is 16.5. The van der Waals surface area contributed by atoms with Gasteiger partial charge in [0.2, 0.25) is 0 Å². The summed E-state index contributed by atoms with van der Waals surface area (Å²) in [4.78, 5) is 38.4. The largest absolute Gasteiger partial charge is 0.507 e. The van der Waals surface area contributed by atoms with Gasteiger partial charge >= 0.3 is 0 Å². The molecule has 1 aromatic rings. The van der Waals surface area contributed by atoms with E-state index in [1.165, 1.54) is 6.92 Å². The van der Waals surface area contributed by atoms with Gasteiger partial charge in [-0.25, -0.2) is 0 Å². The highest BCUT2D eigenvalue weighted by Crippen LogP contribution is 2.78. The number of aromatic hydroxyl groups is 1. The predicted octanol–water partition coefficient (Wildman–Crippen LogP) is 0.942. The highest BCUT2D eigenvalue weighted by Gasteiger charge is 2.93. The Hall–Kier alpha value is -2.39. The van der Waals surface area contributed by atoms with Crippen LogP contribution in [0.1, 0.15) is 65.1 Å². The van der Waals surface area contributed by atoms with Gasteiger partial charge in [-0.15, -0.1) is 0 Å². The zero-order chi connectivity index (χ0) is 22.2. The molecule has 0 radical (unpaired) electrons. The summed E-state index contributed by atoms with van der Waals surface area (Å²) in [5.41, 5.74) is -1.61. The second-order valence-corrected chi connectivity index (χ2v) is 9.43. The molecule has 5 unspecified atom stereocenters. The van der Waals surface area contributed by atoms with E-state index in [2.05, 4.69) is 0 Å². The van der Waals surface area contributed by atoms with Crippen molar-refractivity contribution >= 4 is 17.3 Å². The molecule has 8 heteroatoms. The van der Waals surface area contributed by atoms with Gasteiger partial charge < -0.3 is 24.8 Å². The van der Waals surface area contributed by atoms with Crippen LogP contribution in [0.4, 0.5) is 0 Å². The SMILES string of the molecule is CC(=O)C[C@H]1Cc2cc3c(c(O)c2[C@H](C)O1)C(=O)C1=C(C3=O)C2OC(C)C3(O)C(O)C123. The third-order valence-corrected chi connectivity index (χ3v) is 7.88. The van der Waals surface area contributed by atoms with Gasteiger partial charge in [-0.2, -0.15) is 0 Å². The topological polar surface area (TPSA) is 130 Å². The van der Waals surface area contributed by atoms with Gasteiger partial charge in [-0.3, -0.25) is 14.4 Å². The lowest BCUT2D eigenvalue weighted by Crippen LogP contribution is -2.49. The number of aliphatic hydroxyl groups is 2. The molecular weight excluding hydrogens is 404 g/mol. The Morgan fingerprint density at radius 1 is 1.23 bits per heavy atom. The third-order valence-electron chi connectivity index (χ3n) is 7.88. The number of fused-ring (bicyclic) bond motifs is 3. The van der Waals surface area contributed by atoms with E-state index in [1.54, 1.807) is 19.9 Å². The van der Waals surface area contributed by atoms with Gasteiger partial charge in [0, 0.05) is 28.7 Å². The van der Waals surface area contributed by atoms with Crippen molar-refractivity contribution in [3.8, 4) is 5.75 Å². The van der Waals surface area contributed by atoms with E-state index in [-0.39, 0.29) is 46.3 Å². The van der Waals surface area contributed by atoms with Gasteiger partial charge in [-0.05, 0) is 38.8 Å². The van der Waals surface area contributed by atoms with Gasteiger partial charge in [0.25, 0.3) is 0 Å². The van der Waals surface area contributed by atoms with Crippen molar-refractivity contribution in [2.75, 3.05) is 0 Å². The Labute approximate surface area is 177 Å². The maximum Gasteiger partial charge on any atom is 0.194 e. The molecule has 2 fully saturated rings. The molecule has 0 aromatic heterocycles. The molecule has 5 aliphatic rings. The van der Waals surface area contributed by atoms with Crippen LogP contribution in [0.25, 0.3) is 0 Å². The Bertz CT molecular complexity index is 1160. The molecule has 3 aliphatic carbocycles. The Kier molecular flexibility index (Phi) is 3.43. The number of carbonyl (C=O) groups excluding carboxylic acids is 3. The molecule has 6 rings (SSSR count). The summed E-state index contributed by atoms with van der Waals surface area (Å²) in [5, 5.41) is 32.5. The molecule has 162 valence electrons. The number of hydrogen-bond acceptors (Lipinski definition) is 8. The number of benzene rings is 1. The highest BCUT2D eigenvalue weighted by molar-refractivity contribution is 6.31. The molecule has 1 saturated carbocycles. The first-order valence-corrected chi connectivity index (χ1v) is 10.5. The molecule has 1 saturated heterocycles. The van der Waals surface area contributed by atoms with Crippen molar-refractivity contribution in [2.45, 2.75) is 69.7 Å². The number of ketones is 3. The average molecular weight is 426 g/mol. The lowest BCUT2D eigenvalue weighted by atomic mass is 9.61. The first-order chi connectivity index (χ1) is 14.6. The van der Waals surface area contributed by atoms with E-state index < -0.39 is 47.0 Å². The lowest BCUT2D eigenvalue weighted by molar-refractivity contribution is -0.121. The van der Waals surface area contributed by atoms with E-state index in [0.29, 0.717) is 17.5 Å². The second kappa shape index (κ2) is 5.50. The van der Waals surface area contributed by atoms with Crippen molar-refractivity contribution in [3.63, 3.8) is 0 Å². The molecule has 1 spiro atoms. The van der Waals surface area contributed by atoms with Crippen molar-refractivity contribution < 1.29 is 39.2 Å². The summed E-state index contributed by atoms with van der Waals surface area (Å²) in [7, 11) is 0. The fourth-order valence-electron chi connectivity index (χ4n) is 6.52. The van der Waals surface area contributed by atoms with Gasteiger partial charge in [-0.1, -0.05) is 0 Å². The van der Waals surface area contributed by atoms with Crippen LogP contribution in [0.15, 0.2) is 17.2 Å². The van der Waals surface area contributed by atoms with Crippen LogP contribution in [-0.2, 0) is 20.7 Å². The molecule has 8 nitrogen and oxygen atoms in total. The Morgan fingerprint density at radius 3 is 2.58 bits per heavy atom. The van der Waals surface area contributed by atoms with Crippen LogP contribution in [-0.4, -0.2) is 62.7 Å². The fraction of sp³-hybridized carbons (Fsp3) is 0.522. The normalized spacial score (nSPS) is 41.6. The third kappa shape index (κ3) is 1.86. The maximum absolute atomic E-state index is 13.5. The number of aliphatic hydroxyl groups excluding tert-OH is 1. The summed E-state index contributed by atoms with van der Waals surface area (Å²) in [5.74, 6) is -1.33. The summed E-state index contributed by atoms with van der Waals surface area (Å²) in [6.07, 6.45) is -3.15. The molecule has 1 aromatic carbocycles. The van der Waals surface area contributed by atoms with E-state index in [1.807, 2.05) is 0 Å². The van der Waals surface area contributed by atoms with Crippen LogP contribution < -0.4 is 0 Å². The molecular formula is C23H22O8. The van der Waals surface area contributed by atoms with Crippen molar-refractivity contribution in [1.29, 1.82) is 0 Å². The molecule has 31 heavy (non-hydrogen) atoms. The first kappa shape index (κ1) is 19.3. The zero-order valence-electron chi connectivity index (χ0n) is 17.3. The number of ether oxygens (including phenoxy) is 2. The number of Topliss-reactive ketones (excluding diaryl/α,β-unsaturated/α-hetero) is 3. The summed E-state index contributed by atoms with van der Waals surface area (Å²) < 4.78 is 11.6. The first-order valence-electron chi connectivity index (χ1n) is 10.5. The van der Waals surface area contributed by atoms with E-state index in [4.69, 9.17) is 9.47 Å². The van der Waals surface area contributed by atoms with E-state index >= 15 is 0 Å². The summed E-state index contributed by atoms with van der Waals surface area (Å²) in [6, 6.07) is 1.61. The van der Waals surface area contributed by atoms with Crippen LogP contribution in [0.2, 0.25) is 0 Å². The van der Waals surface area contributed by atoms with Crippen LogP contribution in [0.3, 0.4) is 0 Å². The smallest absolute Gasteiger partial charge is 0.194 e. The number of rotatable bonds is 2. The minimum Gasteiger partial charge on any atom is -0.507 e. The van der Waals surface area contributed by atoms with Crippen molar-refractivity contribution in [3.05, 3.63) is 39.5 Å². The average Bonchev–Trinajstić information content (AvgIpc) is 3.12. The fourth-order valence-corrected chi connectivity index (χ4v) is 6.52. The van der Waals surface area contributed by atoms with E-state index in [0.717, 1.165) is 0 Å². The molecule has 2 aliphatic heterocycles. The Morgan fingerprint density at radius 2 is 1.94 bits per heavy atom. The Balaban J connectivity index is 1.49. The minimum absolute atomic E-state index is 0.0216. The molecule has 0 bridgehead atoms. The van der Waals surface area contributed by atoms with Crippen LogP contribution in [0, 0.1) is 5.41 Å². The zero-order valence-corrected chi connectivity index (χ0v) is 17.3. The predicted molar refractivity (Wildman–Crippen MR) is 104 cm³/mol. The lowest BCUT2D eigenvalue weighted by Gasteiger charge is -2.41. The maximum atomic E-state index is 13.5. The van der Waals surface area contributed by atoms with E-state index in [9.17, 15) is 29.7 Å². The quantitative estimate of drug-likeness (QED) is 0.637. The van der Waals surface area contributed by atoms with Gasteiger partial charge in [0.1, 0.15) is 29.3 Å². The van der Waals surface area contributed by atoms with Crippen LogP contribution >= 0.6 is 0 Å². The minimum atomic E-state index is -1.61. The number of phenolic OH excluding ortho intramolecular Hbond substituents is 1.